The van der Waals surface area contributed by atoms with Crippen molar-refractivity contribution >= 4 is 17.5 Å². The molecular weight excluding hydrogens is 318 g/mol. The van der Waals surface area contributed by atoms with E-state index in [-0.39, 0.29) is 18.8 Å². The van der Waals surface area contributed by atoms with Gasteiger partial charge in [0.05, 0.1) is 0 Å². The molecule has 0 N–H and O–H groups in total. The molecule has 0 aliphatic carbocycles. The SMILES string of the molecule is CC(=O)OCCOC(=O)C(C#N)=C(c1ccccc1)c1ccccc1. The molecule has 0 spiro atoms. The summed E-state index contributed by atoms with van der Waals surface area (Å²) < 4.78 is 9.79. The molecule has 0 radical (unpaired) electrons. The number of hydrogen-bond donors (Lipinski definition) is 0. The van der Waals surface area contributed by atoms with Gasteiger partial charge in [0.1, 0.15) is 24.9 Å². The average Bonchev–Trinajstić information content (AvgIpc) is 2.64. The summed E-state index contributed by atoms with van der Waals surface area (Å²) in [6.07, 6.45) is 0. The Bertz CT molecular complexity index is 763. The van der Waals surface area contributed by atoms with E-state index in [9.17, 15) is 14.9 Å². The lowest BCUT2D eigenvalue weighted by molar-refractivity contribution is -0.148. The fourth-order valence-electron chi connectivity index (χ4n) is 2.26. The van der Waals surface area contributed by atoms with Gasteiger partial charge in [0, 0.05) is 12.5 Å². The third-order valence-corrected chi connectivity index (χ3v) is 3.31. The topological polar surface area (TPSA) is 76.4 Å². The maximum absolute atomic E-state index is 12.4. The average molecular weight is 335 g/mol. The number of esters is 2. The van der Waals surface area contributed by atoms with Crippen molar-refractivity contribution in [2.24, 2.45) is 0 Å². The Balaban J connectivity index is 2.36. The van der Waals surface area contributed by atoms with Gasteiger partial charge in [-0.25, -0.2) is 4.79 Å². The molecule has 0 heterocycles. The minimum atomic E-state index is -0.752. The second-order valence-electron chi connectivity index (χ2n) is 5.07. The monoisotopic (exact) mass is 335 g/mol. The molecule has 126 valence electrons. The first-order chi connectivity index (χ1) is 12.1. The van der Waals surface area contributed by atoms with Crippen molar-refractivity contribution < 1.29 is 19.1 Å². The zero-order valence-corrected chi connectivity index (χ0v) is 13.8. The van der Waals surface area contributed by atoms with Crippen molar-refractivity contribution in [3.8, 4) is 6.07 Å². The van der Waals surface area contributed by atoms with E-state index in [0.717, 1.165) is 11.1 Å². The molecular formula is C20H17NO4. The van der Waals surface area contributed by atoms with E-state index in [0.29, 0.717) is 5.57 Å². The molecule has 0 amide bonds. The van der Waals surface area contributed by atoms with Gasteiger partial charge in [-0.15, -0.1) is 0 Å². The molecule has 5 heteroatoms. The lowest BCUT2D eigenvalue weighted by atomic mass is 9.93. The van der Waals surface area contributed by atoms with E-state index >= 15 is 0 Å². The summed E-state index contributed by atoms with van der Waals surface area (Å²) in [5, 5.41) is 9.54. The molecule has 25 heavy (non-hydrogen) atoms. The van der Waals surface area contributed by atoms with Crippen LogP contribution in [0.3, 0.4) is 0 Å². The summed E-state index contributed by atoms with van der Waals surface area (Å²) >= 11 is 0. The quantitative estimate of drug-likeness (QED) is 0.351. The van der Waals surface area contributed by atoms with Crippen LogP contribution in [0.4, 0.5) is 0 Å². The number of carbonyl (C=O) groups excluding carboxylic acids is 2. The van der Waals surface area contributed by atoms with Gasteiger partial charge < -0.3 is 9.47 Å². The number of carbonyl (C=O) groups is 2. The van der Waals surface area contributed by atoms with Gasteiger partial charge >= 0.3 is 11.9 Å². The third-order valence-electron chi connectivity index (χ3n) is 3.31. The molecule has 2 aromatic rings. The number of nitrogens with zero attached hydrogens (tertiary/aromatic N) is 1. The summed E-state index contributed by atoms with van der Waals surface area (Å²) in [6, 6.07) is 20.3. The highest BCUT2D eigenvalue weighted by Crippen LogP contribution is 2.27. The van der Waals surface area contributed by atoms with Crippen molar-refractivity contribution in [3.63, 3.8) is 0 Å². The van der Waals surface area contributed by atoms with Crippen LogP contribution < -0.4 is 0 Å². The van der Waals surface area contributed by atoms with Crippen molar-refractivity contribution in [2.75, 3.05) is 13.2 Å². The molecule has 0 unspecified atom stereocenters. The van der Waals surface area contributed by atoms with Crippen LogP contribution in [0.1, 0.15) is 18.1 Å². The predicted octanol–water partition coefficient (Wildman–Crippen LogP) is 3.12. The lowest BCUT2D eigenvalue weighted by Gasteiger charge is -2.11. The summed E-state index contributed by atoms with van der Waals surface area (Å²) in [4.78, 5) is 23.1. The minimum Gasteiger partial charge on any atom is -0.462 e. The van der Waals surface area contributed by atoms with Crippen molar-refractivity contribution in [1.29, 1.82) is 5.26 Å². The Hall–Kier alpha value is -3.39. The van der Waals surface area contributed by atoms with Gasteiger partial charge in [-0.1, -0.05) is 60.7 Å². The molecule has 0 bridgehead atoms. The van der Waals surface area contributed by atoms with Crippen molar-refractivity contribution in [3.05, 3.63) is 77.4 Å². The summed E-state index contributed by atoms with van der Waals surface area (Å²) in [6.45, 7) is 1.11. The van der Waals surface area contributed by atoms with Crippen molar-refractivity contribution in [1.82, 2.24) is 0 Å². The Morgan fingerprint density at radius 2 is 1.36 bits per heavy atom. The van der Waals surface area contributed by atoms with Crippen molar-refractivity contribution in [2.45, 2.75) is 6.92 Å². The molecule has 2 aromatic carbocycles. The highest BCUT2D eigenvalue weighted by atomic mass is 16.6. The molecule has 0 atom stereocenters. The Kier molecular flexibility index (Phi) is 6.49. The van der Waals surface area contributed by atoms with E-state index < -0.39 is 11.9 Å². The number of rotatable bonds is 6. The molecule has 0 aliphatic rings. The largest absolute Gasteiger partial charge is 0.462 e. The van der Waals surface area contributed by atoms with Gasteiger partial charge in [0.15, 0.2) is 0 Å². The zero-order chi connectivity index (χ0) is 18.1. The van der Waals surface area contributed by atoms with Crippen LogP contribution in [0.25, 0.3) is 5.57 Å². The summed E-state index contributed by atoms with van der Waals surface area (Å²) in [5.41, 5.74) is 1.88. The molecule has 0 aliphatic heterocycles. The normalized spacial score (nSPS) is 9.60. The maximum atomic E-state index is 12.4. The van der Waals surface area contributed by atoms with E-state index in [1.807, 2.05) is 66.7 Å². The summed E-state index contributed by atoms with van der Waals surface area (Å²) in [5.74, 6) is -1.21. The standard InChI is InChI=1S/C20H17NO4/c1-15(22)24-12-13-25-20(23)18(14-21)19(16-8-4-2-5-9-16)17-10-6-3-7-11-17/h2-11H,12-13H2,1H3. The molecule has 0 aromatic heterocycles. The van der Waals surface area contributed by atoms with Crippen LogP contribution in [-0.2, 0) is 19.1 Å². The molecule has 0 fully saturated rings. The van der Waals surface area contributed by atoms with E-state index in [1.54, 1.807) is 0 Å². The number of hydrogen-bond acceptors (Lipinski definition) is 5. The van der Waals surface area contributed by atoms with E-state index in [2.05, 4.69) is 0 Å². The van der Waals surface area contributed by atoms with E-state index in [4.69, 9.17) is 9.47 Å². The minimum absolute atomic E-state index is 0.0498. The Morgan fingerprint density at radius 1 is 0.880 bits per heavy atom. The smallest absolute Gasteiger partial charge is 0.349 e. The zero-order valence-electron chi connectivity index (χ0n) is 13.8. The Labute approximate surface area is 146 Å². The van der Waals surface area contributed by atoms with Crippen LogP contribution >= 0.6 is 0 Å². The first kappa shape index (κ1) is 18.0. The highest BCUT2D eigenvalue weighted by molar-refractivity contribution is 6.05. The number of nitriles is 1. The van der Waals surface area contributed by atoms with E-state index in [1.165, 1.54) is 6.92 Å². The predicted molar refractivity (Wildman–Crippen MR) is 92.1 cm³/mol. The van der Waals surface area contributed by atoms with Gasteiger partial charge in [-0.2, -0.15) is 5.26 Å². The highest BCUT2D eigenvalue weighted by Gasteiger charge is 2.19. The van der Waals surface area contributed by atoms with Gasteiger partial charge in [-0.3, -0.25) is 4.79 Å². The first-order valence-corrected chi connectivity index (χ1v) is 7.69. The van der Waals surface area contributed by atoms with Gasteiger partial charge in [0.2, 0.25) is 0 Å². The van der Waals surface area contributed by atoms with Crippen LogP contribution in [0, 0.1) is 11.3 Å². The summed E-state index contributed by atoms with van der Waals surface area (Å²) in [7, 11) is 0. The second kappa shape index (κ2) is 9.04. The van der Waals surface area contributed by atoms with Gasteiger partial charge in [-0.05, 0) is 11.1 Å². The van der Waals surface area contributed by atoms with Crippen LogP contribution in [-0.4, -0.2) is 25.2 Å². The molecule has 2 rings (SSSR count). The Morgan fingerprint density at radius 3 is 1.80 bits per heavy atom. The molecule has 0 saturated carbocycles. The van der Waals surface area contributed by atoms with Crippen LogP contribution in [0.2, 0.25) is 0 Å². The maximum Gasteiger partial charge on any atom is 0.349 e. The fourth-order valence-corrected chi connectivity index (χ4v) is 2.26. The fraction of sp³-hybridized carbons (Fsp3) is 0.150. The second-order valence-corrected chi connectivity index (χ2v) is 5.07. The van der Waals surface area contributed by atoms with Crippen LogP contribution in [0.5, 0.6) is 0 Å². The number of ether oxygens (including phenoxy) is 2. The third kappa shape index (κ3) is 5.05. The first-order valence-electron chi connectivity index (χ1n) is 7.69. The lowest BCUT2D eigenvalue weighted by Crippen LogP contribution is -2.14. The van der Waals surface area contributed by atoms with Crippen LogP contribution in [0.15, 0.2) is 66.2 Å². The molecule has 5 nitrogen and oxygen atoms in total. The van der Waals surface area contributed by atoms with Gasteiger partial charge in [0.25, 0.3) is 0 Å². The number of benzene rings is 2. The molecule has 0 saturated heterocycles.